The monoisotopic (exact) mass is 302 g/mol. The molecular formula is C18H14N4O. The van der Waals surface area contributed by atoms with Crippen LogP contribution in [0.3, 0.4) is 0 Å². The lowest BCUT2D eigenvalue weighted by Crippen LogP contribution is -2.12. The van der Waals surface area contributed by atoms with E-state index in [2.05, 4.69) is 10.3 Å². The summed E-state index contributed by atoms with van der Waals surface area (Å²) in [6.45, 7) is 0.688. The number of aromatic nitrogens is 2. The Morgan fingerprint density at radius 3 is 2.87 bits per heavy atom. The molecule has 1 amide bonds. The number of benzene rings is 2. The van der Waals surface area contributed by atoms with Crippen LogP contribution in [-0.4, -0.2) is 15.5 Å². The van der Waals surface area contributed by atoms with E-state index >= 15 is 0 Å². The first-order valence-electron chi connectivity index (χ1n) is 7.11. The number of amides is 1. The van der Waals surface area contributed by atoms with Gasteiger partial charge >= 0.3 is 0 Å². The number of anilines is 1. The summed E-state index contributed by atoms with van der Waals surface area (Å²) in [5.41, 5.74) is 2.71. The van der Waals surface area contributed by atoms with E-state index in [4.69, 9.17) is 5.26 Å². The SMILES string of the molecule is N#Cc1cccc(C(=O)Nc2cccc(Cn3ccnc3)c2)c1. The van der Waals surface area contributed by atoms with E-state index < -0.39 is 0 Å². The van der Waals surface area contributed by atoms with Gasteiger partial charge in [-0.25, -0.2) is 4.98 Å². The van der Waals surface area contributed by atoms with E-state index in [0.29, 0.717) is 17.7 Å². The predicted octanol–water partition coefficient (Wildman–Crippen LogP) is 3.06. The van der Waals surface area contributed by atoms with Crippen LogP contribution in [0.2, 0.25) is 0 Å². The molecule has 2 aromatic carbocycles. The molecule has 0 spiro atoms. The Kier molecular flexibility index (Phi) is 4.16. The molecule has 0 fully saturated rings. The van der Waals surface area contributed by atoms with Crippen LogP contribution in [0.1, 0.15) is 21.5 Å². The average Bonchev–Trinajstić information content (AvgIpc) is 3.08. The van der Waals surface area contributed by atoms with Crippen molar-refractivity contribution in [2.24, 2.45) is 0 Å². The minimum Gasteiger partial charge on any atom is -0.333 e. The summed E-state index contributed by atoms with van der Waals surface area (Å²) >= 11 is 0. The number of carbonyl (C=O) groups excluding carboxylic acids is 1. The zero-order valence-corrected chi connectivity index (χ0v) is 12.3. The number of hydrogen-bond donors (Lipinski definition) is 1. The van der Waals surface area contributed by atoms with Crippen LogP contribution in [-0.2, 0) is 6.54 Å². The summed E-state index contributed by atoms with van der Waals surface area (Å²) in [7, 11) is 0. The summed E-state index contributed by atoms with van der Waals surface area (Å²) in [5.74, 6) is -0.234. The maximum atomic E-state index is 12.3. The van der Waals surface area contributed by atoms with Gasteiger partial charge in [-0.1, -0.05) is 18.2 Å². The van der Waals surface area contributed by atoms with E-state index in [1.807, 2.05) is 41.1 Å². The molecule has 5 heteroatoms. The third-order valence-corrected chi connectivity index (χ3v) is 3.36. The second-order valence-electron chi connectivity index (χ2n) is 5.08. The molecule has 0 saturated heterocycles. The van der Waals surface area contributed by atoms with Gasteiger partial charge in [0.25, 0.3) is 5.91 Å². The van der Waals surface area contributed by atoms with E-state index in [1.54, 1.807) is 36.8 Å². The van der Waals surface area contributed by atoms with Crippen molar-refractivity contribution in [1.82, 2.24) is 9.55 Å². The molecule has 3 aromatic rings. The zero-order valence-electron chi connectivity index (χ0n) is 12.3. The smallest absolute Gasteiger partial charge is 0.255 e. The van der Waals surface area contributed by atoms with Gasteiger partial charge in [0.05, 0.1) is 18.0 Å². The van der Waals surface area contributed by atoms with Crippen LogP contribution in [0.4, 0.5) is 5.69 Å². The number of imidazole rings is 1. The van der Waals surface area contributed by atoms with Crippen molar-refractivity contribution in [1.29, 1.82) is 5.26 Å². The zero-order chi connectivity index (χ0) is 16.1. The molecule has 0 aliphatic heterocycles. The Labute approximate surface area is 133 Å². The highest BCUT2D eigenvalue weighted by atomic mass is 16.1. The van der Waals surface area contributed by atoms with Gasteiger partial charge in [-0.05, 0) is 35.9 Å². The average molecular weight is 302 g/mol. The quantitative estimate of drug-likeness (QED) is 0.805. The maximum absolute atomic E-state index is 12.3. The highest BCUT2D eigenvalue weighted by Gasteiger charge is 2.07. The third kappa shape index (κ3) is 3.63. The van der Waals surface area contributed by atoms with Crippen LogP contribution >= 0.6 is 0 Å². The molecule has 0 unspecified atom stereocenters. The Morgan fingerprint density at radius 1 is 1.22 bits per heavy atom. The first-order chi connectivity index (χ1) is 11.2. The number of hydrogen-bond acceptors (Lipinski definition) is 3. The van der Waals surface area contributed by atoms with Crippen LogP contribution in [0.15, 0.2) is 67.3 Å². The molecule has 23 heavy (non-hydrogen) atoms. The van der Waals surface area contributed by atoms with Gasteiger partial charge in [-0.2, -0.15) is 5.26 Å². The molecule has 0 radical (unpaired) electrons. The Balaban J connectivity index is 1.74. The van der Waals surface area contributed by atoms with Gasteiger partial charge in [-0.3, -0.25) is 4.79 Å². The molecule has 0 aliphatic rings. The summed E-state index contributed by atoms with van der Waals surface area (Å²) < 4.78 is 1.96. The molecule has 3 rings (SSSR count). The highest BCUT2D eigenvalue weighted by molar-refractivity contribution is 6.04. The summed E-state index contributed by atoms with van der Waals surface area (Å²) in [6.07, 6.45) is 5.37. The summed E-state index contributed by atoms with van der Waals surface area (Å²) in [5, 5.41) is 11.8. The van der Waals surface area contributed by atoms with Crippen LogP contribution < -0.4 is 5.32 Å². The fourth-order valence-corrected chi connectivity index (χ4v) is 2.27. The fraction of sp³-hybridized carbons (Fsp3) is 0.0556. The molecule has 0 bridgehead atoms. The normalized spacial score (nSPS) is 10.0. The van der Waals surface area contributed by atoms with E-state index in [1.165, 1.54) is 0 Å². The summed E-state index contributed by atoms with van der Waals surface area (Å²) in [4.78, 5) is 16.3. The molecular weight excluding hydrogens is 288 g/mol. The van der Waals surface area contributed by atoms with Crippen LogP contribution in [0, 0.1) is 11.3 Å². The maximum Gasteiger partial charge on any atom is 0.255 e. The number of nitrogens with zero attached hydrogens (tertiary/aromatic N) is 3. The topological polar surface area (TPSA) is 70.7 Å². The van der Waals surface area contributed by atoms with Crippen LogP contribution in [0.5, 0.6) is 0 Å². The largest absolute Gasteiger partial charge is 0.333 e. The fourth-order valence-electron chi connectivity index (χ4n) is 2.27. The molecule has 1 N–H and O–H groups in total. The number of nitriles is 1. The van der Waals surface area contributed by atoms with E-state index in [9.17, 15) is 4.79 Å². The first kappa shape index (κ1) is 14.5. The number of rotatable bonds is 4. The lowest BCUT2D eigenvalue weighted by atomic mass is 10.1. The van der Waals surface area contributed by atoms with Gasteiger partial charge < -0.3 is 9.88 Å². The van der Waals surface area contributed by atoms with Gasteiger partial charge in [0.2, 0.25) is 0 Å². The Morgan fingerprint density at radius 2 is 2.09 bits per heavy atom. The molecule has 112 valence electrons. The molecule has 1 aromatic heterocycles. The first-order valence-corrected chi connectivity index (χ1v) is 7.11. The molecule has 1 heterocycles. The Bertz CT molecular complexity index is 863. The van der Waals surface area contributed by atoms with Crippen molar-refractivity contribution in [2.75, 3.05) is 5.32 Å². The van der Waals surface area contributed by atoms with Gasteiger partial charge in [0, 0.05) is 30.2 Å². The lowest BCUT2D eigenvalue weighted by Gasteiger charge is -2.08. The number of carbonyl (C=O) groups is 1. The molecule has 0 aliphatic carbocycles. The van der Waals surface area contributed by atoms with Crippen molar-refractivity contribution in [3.05, 3.63) is 83.9 Å². The van der Waals surface area contributed by atoms with Crippen molar-refractivity contribution in [3.63, 3.8) is 0 Å². The Hall–Kier alpha value is -3.39. The standard InChI is InChI=1S/C18H14N4O/c19-11-14-3-1-5-16(9-14)18(23)21-17-6-2-4-15(10-17)12-22-8-7-20-13-22/h1-10,13H,12H2,(H,21,23). The number of nitrogens with one attached hydrogen (secondary N) is 1. The van der Waals surface area contributed by atoms with E-state index in [-0.39, 0.29) is 5.91 Å². The second-order valence-corrected chi connectivity index (χ2v) is 5.08. The van der Waals surface area contributed by atoms with Gasteiger partial charge in [-0.15, -0.1) is 0 Å². The van der Waals surface area contributed by atoms with Gasteiger partial charge in [0.15, 0.2) is 0 Å². The minimum absolute atomic E-state index is 0.234. The van der Waals surface area contributed by atoms with Gasteiger partial charge in [0.1, 0.15) is 0 Å². The van der Waals surface area contributed by atoms with Crippen molar-refractivity contribution in [2.45, 2.75) is 6.54 Å². The lowest BCUT2D eigenvalue weighted by molar-refractivity contribution is 0.102. The minimum atomic E-state index is -0.234. The van der Waals surface area contributed by atoms with Crippen LogP contribution in [0.25, 0.3) is 0 Å². The summed E-state index contributed by atoms with van der Waals surface area (Å²) in [6, 6.07) is 16.3. The highest BCUT2D eigenvalue weighted by Crippen LogP contribution is 2.14. The van der Waals surface area contributed by atoms with Crippen molar-refractivity contribution < 1.29 is 4.79 Å². The molecule has 0 saturated carbocycles. The third-order valence-electron chi connectivity index (χ3n) is 3.36. The predicted molar refractivity (Wildman–Crippen MR) is 86.9 cm³/mol. The molecule has 5 nitrogen and oxygen atoms in total. The molecule has 0 atom stereocenters. The second kappa shape index (κ2) is 6.58. The van der Waals surface area contributed by atoms with Crippen molar-refractivity contribution in [3.8, 4) is 6.07 Å². The van der Waals surface area contributed by atoms with E-state index in [0.717, 1.165) is 11.3 Å². The van der Waals surface area contributed by atoms with Crippen molar-refractivity contribution >= 4 is 11.6 Å².